The van der Waals surface area contributed by atoms with Crippen molar-refractivity contribution in [3.8, 4) is 11.4 Å². The van der Waals surface area contributed by atoms with Crippen molar-refractivity contribution in [2.45, 2.75) is 33.2 Å². The van der Waals surface area contributed by atoms with Gasteiger partial charge in [0.1, 0.15) is 0 Å². The summed E-state index contributed by atoms with van der Waals surface area (Å²) in [7, 11) is 0. The lowest BCUT2D eigenvalue weighted by molar-refractivity contribution is -0.121. The smallest absolute Gasteiger partial charge is 0.241 e. The van der Waals surface area contributed by atoms with Crippen LogP contribution in [-0.4, -0.2) is 34.0 Å². The molecule has 6 nitrogen and oxygen atoms in total. The van der Waals surface area contributed by atoms with E-state index in [1.165, 1.54) is 0 Å². The van der Waals surface area contributed by atoms with Crippen molar-refractivity contribution in [1.82, 2.24) is 15.0 Å². The molecule has 0 atom stereocenters. The van der Waals surface area contributed by atoms with E-state index in [0.29, 0.717) is 18.3 Å². The van der Waals surface area contributed by atoms with Crippen molar-refractivity contribution < 1.29 is 9.32 Å². The Kier molecular flexibility index (Phi) is 5.71. The van der Waals surface area contributed by atoms with Gasteiger partial charge in [-0.25, -0.2) is 0 Å². The van der Waals surface area contributed by atoms with Gasteiger partial charge in [0.15, 0.2) is 0 Å². The first-order chi connectivity index (χ1) is 14.1. The molecule has 150 valence electrons. The average Bonchev–Trinajstić information content (AvgIpc) is 3.20. The van der Waals surface area contributed by atoms with Crippen molar-refractivity contribution in [3.63, 3.8) is 0 Å². The van der Waals surface area contributed by atoms with Crippen LogP contribution in [0.3, 0.4) is 0 Å². The number of carbonyl (C=O) groups excluding carboxylic acids is 1. The molecular weight excluding hydrogens is 364 g/mol. The van der Waals surface area contributed by atoms with Crippen molar-refractivity contribution in [2.75, 3.05) is 18.4 Å². The predicted molar refractivity (Wildman–Crippen MR) is 112 cm³/mol. The molecule has 0 bridgehead atoms. The first-order valence-corrected chi connectivity index (χ1v) is 10.1. The maximum Gasteiger partial charge on any atom is 0.241 e. The molecule has 1 aromatic heterocycles. The van der Waals surface area contributed by atoms with Crippen LogP contribution in [0.15, 0.2) is 53.1 Å². The summed E-state index contributed by atoms with van der Waals surface area (Å²) in [6.45, 7) is 6.35. The van der Waals surface area contributed by atoms with E-state index < -0.39 is 0 Å². The summed E-state index contributed by atoms with van der Waals surface area (Å²) < 4.78 is 5.42. The topological polar surface area (TPSA) is 71.3 Å². The standard InChI is InChI=1S/C23H26N4O2/c1-16-8-9-17(2)20(14-16)24-23(28)19-10-12-27(13-11-19)15-21-25-22(26-29-21)18-6-4-3-5-7-18/h3-9,14,19H,10-13,15H2,1-2H3,(H,24,28). The number of hydrogen-bond acceptors (Lipinski definition) is 5. The van der Waals surface area contributed by atoms with Crippen molar-refractivity contribution in [1.29, 1.82) is 0 Å². The van der Waals surface area contributed by atoms with Gasteiger partial charge < -0.3 is 9.84 Å². The lowest BCUT2D eigenvalue weighted by Crippen LogP contribution is -2.37. The monoisotopic (exact) mass is 390 g/mol. The third-order valence-corrected chi connectivity index (χ3v) is 5.47. The molecule has 1 aliphatic heterocycles. The lowest BCUT2D eigenvalue weighted by Gasteiger charge is -2.30. The Bertz CT molecular complexity index is 976. The van der Waals surface area contributed by atoms with E-state index in [-0.39, 0.29) is 11.8 Å². The fourth-order valence-corrected chi connectivity index (χ4v) is 3.67. The van der Waals surface area contributed by atoms with Gasteiger partial charge in [-0.1, -0.05) is 47.6 Å². The third-order valence-electron chi connectivity index (χ3n) is 5.47. The number of benzene rings is 2. The highest BCUT2D eigenvalue weighted by molar-refractivity contribution is 5.93. The average molecular weight is 390 g/mol. The van der Waals surface area contributed by atoms with Crippen LogP contribution in [0.25, 0.3) is 11.4 Å². The number of piperidine rings is 1. The number of carbonyl (C=O) groups is 1. The zero-order chi connectivity index (χ0) is 20.2. The SMILES string of the molecule is Cc1ccc(C)c(NC(=O)C2CCN(Cc3nc(-c4ccccc4)no3)CC2)c1. The maximum absolute atomic E-state index is 12.7. The second-order valence-corrected chi connectivity index (χ2v) is 7.74. The molecule has 4 rings (SSSR count). The second-order valence-electron chi connectivity index (χ2n) is 7.74. The zero-order valence-electron chi connectivity index (χ0n) is 16.9. The fraction of sp³-hybridized carbons (Fsp3) is 0.348. The zero-order valence-corrected chi connectivity index (χ0v) is 16.9. The van der Waals surface area contributed by atoms with Crippen LogP contribution in [0, 0.1) is 19.8 Å². The van der Waals surface area contributed by atoms with Crippen molar-refractivity contribution in [3.05, 3.63) is 65.5 Å². The van der Waals surface area contributed by atoms with E-state index in [1.807, 2.05) is 56.3 Å². The summed E-state index contributed by atoms with van der Waals surface area (Å²) in [5.41, 5.74) is 4.10. The summed E-state index contributed by atoms with van der Waals surface area (Å²) >= 11 is 0. The van der Waals surface area contributed by atoms with Gasteiger partial charge in [0.05, 0.1) is 6.54 Å². The molecule has 0 spiro atoms. The minimum absolute atomic E-state index is 0.0359. The van der Waals surface area contributed by atoms with Gasteiger partial charge in [-0.15, -0.1) is 0 Å². The molecule has 1 aliphatic rings. The molecule has 0 unspecified atom stereocenters. The molecule has 0 aliphatic carbocycles. The number of nitrogens with one attached hydrogen (secondary N) is 1. The molecule has 1 saturated heterocycles. The maximum atomic E-state index is 12.7. The van der Waals surface area contributed by atoms with E-state index in [4.69, 9.17) is 4.52 Å². The Morgan fingerprint density at radius 3 is 2.66 bits per heavy atom. The minimum Gasteiger partial charge on any atom is -0.338 e. The molecule has 29 heavy (non-hydrogen) atoms. The van der Waals surface area contributed by atoms with Gasteiger partial charge in [0.25, 0.3) is 0 Å². The Hall–Kier alpha value is -2.99. The largest absolute Gasteiger partial charge is 0.338 e. The number of anilines is 1. The first-order valence-electron chi connectivity index (χ1n) is 10.1. The summed E-state index contributed by atoms with van der Waals surface area (Å²) in [6, 6.07) is 15.9. The molecular formula is C23H26N4O2. The van der Waals surface area contributed by atoms with Gasteiger partial charge in [-0.2, -0.15) is 4.98 Å². The van der Waals surface area contributed by atoms with Crippen LogP contribution in [0.2, 0.25) is 0 Å². The summed E-state index contributed by atoms with van der Waals surface area (Å²) in [4.78, 5) is 19.5. The normalized spacial score (nSPS) is 15.4. The quantitative estimate of drug-likeness (QED) is 0.707. The van der Waals surface area contributed by atoms with Gasteiger partial charge >= 0.3 is 0 Å². The van der Waals surface area contributed by atoms with Crippen LogP contribution < -0.4 is 5.32 Å². The summed E-state index contributed by atoms with van der Waals surface area (Å²) in [5.74, 6) is 1.38. The minimum atomic E-state index is 0.0359. The second kappa shape index (κ2) is 8.57. The highest BCUT2D eigenvalue weighted by Gasteiger charge is 2.26. The van der Waals surface area contributed by atoms with Crippen LogP contribution in [0.5, 0.6) is 0 Å². The molecule has 6 heteroatoms. The third kappa shape index (κ3) is 4.71. The van der Waals surface area contributed by atoms with Crippen LogP contribution in [0.1, 0.15) is 29.9 Å². The molecule has 0 saturated carbocycles. The van der Waals surface area contributed by atoms with Crippen molar-refractivity contribution in [2.24, 2.45) is 5.92 Å². The van der Waals surface area contributed by atoms with E-state index in [2.05, 4.69) is 26.4 Å². The number of nitrogens with zero attached hydrogens (tertiary/aromatic N) is 3. The Morgan fingerprint density at radius 1 is 1.14 bits per heavy atom. The van der Waals surface area contributed by atoms with Gasteiger partial charge in [0.2, 0.25) is 17.6 Å². The van der Waals surface area contributed by atoms with Crippen LogP contribution in [-0.2, 0) is 11.3 Å². The molecule has 2 heterocycles. The summed E-state index contributed by atoms with van der Waals surface area (Å²) in [6.07, 6.45) is 1.66. The number of likely N-dealkylation sites (tertiary alicyclic amines) is 1. The number of aromatic nitrogens is 2. The Balaban J connectivity index is 1.30. The van der Waals surface area contributed by atoms with Crippen LogP contribution >= 0.6 is 0 Å². The van der Waals surface area contributed by atoms with E-state index in [1.54, 1.807) is 0 Å². The highest BCUT2D eigenvalue weighted by atomic mass is 16.5. The van der Waals surface area contributed by atoms with E-state index in [0.717, 1.165) is 48.3 Å². The highest BCUT2D eigenvalue weighted by Crippen LogP contribution is 2.23. The fourth-order valence-electron chi connectivity index (χ4n) is 3.67. The number of amides is 1. The van der Waals surface area contributed by atoms with Gasteiger partial charge in [-0.05, 0) is 57.0 Å². The number of aryl methyl sites for hydroxylation is 2. The first kappa shape index (κ1) is 19.3. The predicted octanol–water partition coefficient (Wildman–Crippen LogP) is 4.20. The van der Waals surface area contributed by atoms with Crippen LogP contribution in [0.4, 0.5) is 5.69 Å². The molecule has 0 radical (unpaired) electrons. The van der Waals surface area contributed by atoms with Crippen molar-refractivity contribution >= 4 is 11.6 Å². The van der Waals surface area contributed by atoms with Gasteiger partial charge in [-0.3, -0.25) is 9.69 Å². The molecule has 1 N–H and O–H groups in total. The lowest BCUT2D eigenvalue weighted by atomic mass is 9.95. The molecule has 2 aromatic carbocycles. The summed E-state index contributed by atoms with van der Waals surface area (Å²) in [5, 5.41) is 7.19. The molecule has 1 fully saturated rings. The number of hydrogen-bond donors (Lipinski definition) is 1. The van der Waals surface area contributed by atoms with E-state index in [9.17, 15) is 4.79 Å². The molecule has 1 amide bonds. The Morgan fingerprint density at radius 2 is 1.90 bits per heavy atom. The Labute approximate surface area is 170 Å². The van der Waals surface area contributed by atoms with Gasteiger partial charge in [0, 0.05) is 17.2 Å². The number of rotatable bonds is 5. The molecule has 3 aromatic rings. The van der Waals surface area contributed by atoms with E-state index >= 15 is 0 Å².